The molecule has 0 aromatic heterocycles. The van der Waals surface area contributed by atoms with Crippen molar-refractivity contribution in [3.8, 4) is 9.85 Å². The fourth-order valence-corrected chi connectivity index (χ4v) is 6.61. The zero-order chi connectivity index (χ0) is 17.7. The van der Waals surface area contributed by atoms with E-state index in [1.807, 2.05) is 0 Å². The van der Waals surface area contributed by atoms with Crippen LogP contribution in [0.5, 0.6) is 0 Å². The van der Waals surface area contributed by atoms with Gasteiger partial charge in [0.15, 0.2) is 0 Å². The van der Waals surface area contributed by atoms with Gasteiger partial charge in [0.25, 0.3) is 0 Å². The number of hydrogen-bond acceptors (Lipinski definition) is 1. The van der Waals surface area contributed by atoms with Crippen LogP contribution in [-0.2, 0) is 8.67 Å². The van der Waals surface area contributed by atoms with E-state index < -0.39 is 49.2 Å². The molecule has 23 heavy (non-hydrogen) atoms. The Morgan fingerprint density at radius 3 is 1.96 bits per heavy atom. The molecule has 0 unspecified atom stereocenters. The SMILES string of the molecule is CC(C)(C)C#CI1OC(C(F)(F)F)(C(F)(F)F)c2ccccc21. The molecule has 0 amide bonds. The molecule has 0 spiro atoms. The van der Waals surface area contributed by atoms with Gasteiger partial charge in [0.1, 0.15) is 0 Å². The fraction of sp³-hybridized carbons (Fsp3) is 0.467. The van der Waals surface area contributed by atoms with Crippen LogP contribution < -0.4 is 0 Å². The van der Waals surface area contributed by atoms with Crippen molar-refractivity contribution in [3.05, 3.63) is 33.4 Å². The van der Waals surface area contributed by atoms with Crippen LogP contribution in [0.4, 0.5) is 26.3 Å². The van der Waals surface area contributed by atoms with Crippen LogP contribution in [0.15, 0.2) is 24.3 Å². The minimum absolute atomic E-state index is 0.0527. The summed E-state index contributed by atoms with van der Waals surface area (Å²) in [5, 5.41) is 0. The molecule has 2 rings (SSSR count). The van der Waals surface area contributed by atoms with E-state index in [2.05, 4.69) is 12.9 Å². The molecule has 1 nitrogen and oxygen atoms in total. The van der Waals surface area contributed by atoms with Crippen molar-refractivity contribution in [1.29, 1.82) is 0 Å². The Hall–Kier alpha value is -0.950. The third-order valence-electron chi connectivity index (χ3n) is 2.94. The number of benzene rings is 1. The maximum absolute atomic E-state index is 13.4. The summed E-state index contributed by atoms with van der Waals surface area (Å²) in [6, 6.07) is 4.61. The zero-order valence-electron chi connectivity index (χ0n) is 12.4. The standard InChI is InChI=1S/C15H13F6IO/c1-12(2,3)8-9-22-11-7-5-4-6-10(11)13(23-22,14(16,17)18)15(19,20)21/h4-7H,1-3H3. The van der Waals surface area contributed by atoms with Crippen molar-refractivity contribution in [2.45, 2.75) is 38.7 Å². The van der Waals surface area contributed by atoms with Crippen molar-refractivity contribution in [2.24, 2.45) is 5.41 Å². The van der Waals surface area contributed by atoms with Crippen LogP contribution in [0.2, 0.25) is 0 Å². The van der Waals surface area contributed by atoms with Gasteiger partial charge >= 0.3 is 137 Å². The summed E-state index contributed by atoms with van der Waals surface area (Å²) >= 11 is -3.41. The van der Waals surface area contributed by atoms with Crippen LogP contribution >= 0.6 is 20.2 Å². The predicted molar refractivity (Wildman–Crippen MR) is 81.3 cm³/mol. The minimum atomic E-state index is -5.61. The van der Waals surface area contributed by atoms with Gasteiger partial charge in [-0.05, 0) is 0 Å². The van der Waals surface area contributed by atoms with E-state index in [1.165, 1.54) is 12.1 Å². The topological polar surface area (TPSA) is 9.23 Å². The van der Waals surface area contributed by atoms with Crippen molar-refractivity contribution in [2.75, 3.05) is 0 Å². The first-order valence-electron chi connectivity index (χ1n) is 6.45. The Balaban J connectivity index is 2.67. The number of rotatable bonds is 0. The fourth-order valence-electron chi connectivity index (χ4n) is 1.90. The summed E-state index contributed by atoms with van der Waals surface area (Å²) in [6.45, 7) is 5.16. The van der Waals surface area contributed by atoms with E-state index in [1.54, 1.807) is 20.8 Å². The van der Waals surface area contributed by atoms with Gasteiger partial charge in [0, 0.05) is 0 Å². The van der Waals surface area contributed by atoms with Gasteiger partial charge in [0.05, 0.1) is 0 Å². The Morgan fingerprint density at radius 1 is 0.957 bits per heavy atom. The number of alkyl halides is 6. The molecule has 0 saturated carbocycles. The third kappa shape index (κ3) is 3.18. The molecule has 0 bridgehead atoms. The number of halogens is 7. The quantitative estimate of drug-likeness (QED) is 0.283. The molecule has 128 valence electrons. The number of hydrogen-bond donors (Lipinski definition) is 0. The molecular weight excluding hydrogens is 437 g/mol. The predicted octanol–water partition coefficient (Wildman–Crippen LogP) is 5.63. The molecule has 0 saturated heterocycles. The second-order valence-electron chi connectivity index (χ2n) is 5.95. The van der Waals surface area contributed by atoms with Gasteiger partial charge in [-0.3, -0.25) is 0 Å². The maximum atomic E-state index is 13.4. The zero-order valence-corrected chi connectivity index (χ0v) is 14.5. The first-order valence-corrected chi connectivity index (χ1v) is 9.49. The Bertz CT molecular complexity index is 646. The summed E-state index contributed by atoms with van der Waals surface area (Å²) in [5.74, 6) is 2.71. The second-order valence-corrected chi connectivity index (χ2v) is 9.51. The molecule has 0 fully saturated rings. The Kier molecular flexibility index (Phi) is 4.44. The van der Waals surface area contributed by atoms with Gasteiger partial charge in [0.2, 0.25) is 0 Å². The number of fused-ring (bicyclic) bond motifs is 1. The van der Waals surface area contributed by atoms with E-state index in [0.29, 0.717) is 0 Å². The molecule has 8 heteroatoms. The van der Waals surface area contributed by atoms with Crippen LogP contribution in [0.1, 0.15) is 26.3 Å². The summed E-state index contributed by atoms with van der Waals surface area (Å²) in [6.07, 6.45) is -11.2. The molecule has 0 aliphatic carbocycles. The summed E-state index contributed by atoms with van der Waals surface area (Å²) in [5.41, 5.74) is -5.71. The van der Waals surface area contributed by atoms with Gasteiger partial charge in [-0.25, -0.2) is 0 Å². The first-order chi connectivity index (χ1) is 10.3. The van der Waals surface area contributed by atoms with Gasteiger partial charge in [-0.2, -0.15) is 0 Å². The molecule has 0 atom stereocenters. The van der Waals surface area contributed by atoms with E-state index in [4.69, 9.17) is 0 Å². The third-order valence-corrected chi connectivity index (χ3v) is 6.79. The van der Waals surface area contributed by atoms with Crippen LogP contribution in [-0.4, -0.2) is 12.4 Å². The summed E-state index contributed by atoms with van der Waals surface area (Å²) in [4.78, 5) is 0. The van der Waals surface area contributed by atoms with Crippen LogP contribution in [0.25, 0.3) is 0 Å². The average Bonchev–Trinajstić information content (AvgIpc) is 2.70. The molecule has 1 aromatic carbocycles. The van der Waals surface area contributed by atoms with E-state index in [0.717, 1.165) is 12.1 Å². The molecule has 1 aliphatic rings. The second kappa shape index (κ2) is 5.55. The normalized spacial score (nSPS) is 19.1. The summed E-state index contributed by atoms with van der Waals surface area (Å²) in [7, 11) is 0. The van der Waals surface area contributed by atoms with E-state index >= 15 is 0 Å². The van der Waals surface area contributed by atoms with Crippen molar-refractivity contribution in [3.63, 3.8) is 0 Å². The van der Waals surface area contributed by atoms with Crippen LogP contribution in [0, 0.1) is 18.8 Å². The van der Waals surface area contributed by atoms with Gasteiger partial charge in [-0.1, -0.05) is 0 Å². The molecule has 1 heterocycles. The van der Waals surface area contributed by atoms with Gasteiger partial charge < -0.3 is 0 Å². The Labute approximate surface area is 137 Å². The van der Waals surface area contributed by atoms with Crippen molar-refractivity contribution >= 4 is 20.2 Å². The van der Waals surface area contributed by atoms with E-state index in [-0.39, 0.29) is 3.57 Å². The first kappa shape index (κ1) is 18.4. The van der Waals surface area contributed by atoms with Crippen molar-refractivity contribution in [1.82, 2.24) is 0 Å². The molecule has 0 radical (unpaired) electrons. The van der Waals surface area contributed by atoms with Crippen LogP contribution in [0.3, 0.4) is 0 Å². The Morgan fingerprint density at radius 2 is 1.48 bits per heavy atom. The monoisotopic (exact) mass is 450 g/mol. The molecular formula is C15H13F6IO. The summed E-state index contributed by atoms with van der Waals surface area (Å²) < 4.78 is 87.4. The van der Waals surface area contributed by atoms with Crippen molar-refractivity contribution < 1.29 is 29.4 Å². The average molecular weight is 450 g/mol. The van der Waals surface area contributed by atoms with E-state index in [9.17, 15) is 26.3 Å². The molecule has 1 aliphatic heterocycles. The molecule has 1 aromatic rings. The molecule has 0 N–H and O–H groups in total. The van der Waals surface area contributed by atoms with Gasteiger partial charge in [-0.15, -0.1) is 0 Å².